The molecule has 0 radical (unpaired) electrons. The van der Waals surface area contributed by atoms with E-state index in [1.807, 2.05) is 0 Å². The summed E-state index contributed by atoms with van der Waals surface area (Å²) in [5.74, 6) is -2.36. The van der Waals surface area contributed by atoms with Gasteiger partial charge in [-0.05, 0) is 12.8 Å². The van der Waals surface area contributed by atoms with Gasteiger partial charge < -0.3 is 20.3 Å². The molecule has 1 fully saturated rings. The van der Waals surface area contributed by atoms with Crippen LogP contribution in [0.15, 0.2) is 12.4 Å². The Hall–Kier alpha value is -2.10. The summed E-state index contributed by atoms with van der Waals surface area (Å²) in [4.78, 5) is 28.1. The number of halogens is 3. The zero-order valence-electron chi connectivity index (χ0n) is 13.1. The van der Waals surface area contributed by atoms with E-state index in [2.05, 4.69) is 4.98 Å². The van der Waals surface area contributed by atoms with E-state index in [9.17, 15) is 27.9 Å². The summed E-state index contributed by atoms with van der Waals surface area (Å²) in [7, 11) is 1.31. The molecule has 1 aliphatic heterocycles. The fraction of sp³-hybridized carbons (Fsp3) is 0.643. The van der Waals surface area contributed by atoms with Gasteiger partial charge in [-0.2, -0.15) is 13.2 Å². The highest BCUT2D eigenvalue weighted by atomic mass is 19.4. The Bertz CT molecular complexity index is 623. The van der Waals surface area contributed by atoms with Gasteiger partial charge in [-0.3, -0.25) is 9.59 Å². The number of imidazole rings is 1. The van der Waals surface area contributed by atoms with Crippen LogP contribution in [0.2, 0.25) is 0 Å². The van der Waals surface area contributed by atoms with Gasteiger partial charge >= 0.3 is 6.18 Å². The summed E-state index contributed by atoms with van der Waals surface area (Å²) >= 11 is 0. The van der Waals surface area contributed by atoms with Gasteiger partial charge in [-0.25, -0.2) is 4.98 Å². The van der Waals surface area contributed by atoms with E-state index in [-0.39, 0.29) is 19.0 Å². The van der Waals surface area contributed by atoms with Crippen molar-refractivity contribution in [3.8, 4) is 0 Å². The number of carbonyl (C=O) groups excluding carboxylic acids is 2. The number of nitrogens with zero attached hydrogens (tertiary/aromatic N) is 3. The maximum Gasteiger partial charge on any atom is 0.425 e. The van der Waals surface area contributed by atoms with Gasteiger partial charge in [-0.15, -0.1) is 0 Å². The quantitative estimate of drug-likeness (QED) is 0.816. The standard InChI is InChI=1S/C14H19F3N4O3/c1-20-7-4-19-12(20)13(24,14(15,16)17)8-10(22)21-5-2-9(3-6-21)11(18)23/h4,7,9,24H,2-3,5-6,8H2,1H3,(H2,18,23)/t13-/m0/s1. The maximum atomic E-state index is 13.4. The lowest BCUT2D eigenvalue weighted by Gasteiger charge is -2.34. The Kier molecular flexibility index (Phi) is 4.88. The lowest BCUT2D eigenvalue weighted by atomic mass is 9.93. The third-order valence-electron chi connectivity index (χ3n) is 4.32. The second-order valence-electron chi connectivity index (χ2n) is 5.95. The van der Waals surface area contributed by atoms with Crippen LogP contribution in [0.3, 0.4) is 0 Å². The number of hydrogen-bond donors (Lipinski definition) is 2. The second-order valence-corrected chi connectivity index (χ2v) is 5.95. The zero-order chi connectivity index (χ0) is 18.1. The molecule has 1 saturated heterocycles. The number of hydrogen-bond acceptors (Lipinski definition) is 4. The Morgan fingerprint density at radius 2 is 1.96 bits per heavy atom. The topological polar surface area (TPSA) is 101 Å². The molecule has 2 heterocycles. The molecule has 0 saturated carbocycles. The fourth-order valence-electron chi connectivity index (χ4n) is 2.81. The van der Waals surface area contributed by atoms with Crippen molar-refractivity contribution < 1.29 is 27.9 Å². The highest BCUT2D eigenvalue weighted by Crippen LogP contribution is 2.41. The molecule has 1 aromatic rings. The average Bonchev–Trinajstić information content (AvgIpc) is 2.92. The number of alkyl halides is 3. The maximum absolute atomic E-state index is 13.4. The number of piperidine rings is 1. The minimum absolute atomic E-state index is 0.126. The van der Waals surface area contributed by atoms with Gasteiger partial charge in [0.2, 0.25) is 17.4 Å². The van der Waals surface area contributed by atoms with Crippen LogP contribution >= 0.6 is 0 Å². The van der Waals surface area contributed by atoms with Crippen molar-refractivity contribution in [2.75, 3.05) is 13.1 Å². The number of aromatic nitrogens is 2. The first-order valence-corrected chi connectivity index (χ1v) is 7.40. The van der Waals surface area contributed by atoms with Crippen molar-refractivity contribution in [3.05, 3.63) is 18.2 Å². The molecule has 1 atom stereocenters. The Labute approximate surface area is 136 Å². The predicted octanol–water partition coefficient (Wildman–Crippen LogP) is 0.284. The van der Waals surface area contributed by atoms with Gasteiger partial charge in [0.05, 0.1) is 6.42 Å². The monoisotopic (exact) mass is 348 g/mol. The molecule has 0 unspecified atom stereocenters. The molecule has 0 spiro atoms. The van der Waals surface area contributed by atoms with Crippen LogP contribution in [-0.2, 0) is 22.2 Å². The highest BCUT2D eigenvalue weighted by Gasteiger charge is 2.59. The van der Waals surface area contributed by atoms with Gasteiger partial charge in [0.1, 0.15) is 0 Å². The number of aliphatic hydroxyl groups is 1. The Morgan fingerprint density at radius 1 is 1.38 bits per heavy atom. The third-order valence-corrected chi connectivity index (χ3v) is 4.32. The smallest absolute Gasteiger partial charge is 0.374 e. The number of carbonyl (C=O) groups is 2. The van der Waals surface area contributed by atoms with Crippen LogP contribution in [0.4, 0.5) is 13.2 Å². The predicted molar refractivity (Wildman–Crippen MR) is 76.3 cm³/mol. The van der Waals surface area contributed by atoms with Crippen molar-refractivity contribution in [3.63, 3.8) is 0 Å². The molecule has 1 aromatic heterocycles. The fourth-order valence-corrected chi connectivity index (χ4v) is 2.81. The van der Waals surface area contributed by atoms with Crippen LogP contribution in [-0.4, -0.2) is 50.6 Å². The van der Waals surface area contributed by atoms with Crippen LogP contribution in [0, 0.1) is 5.92 Å². The van der Waals surface area contributed by atoms with Gasteiger partial charge in [0.15, 0.2) is 5.82 Å². The molecular formula is C14H19F3N4O3. The number of amides is 2. The summed E-state index contributed by atoms with van der Waals surface area (Å²) in [6.07, 6.45) is -3.25. The van der Waals surface area contributed by atoms with E-state index in [1.165, 1.54) is 18.1 Å². The van der Waals surface area contributed by atoms with E-state index in [0.717, 1.165) is 10.8 Å². The lowest BCUT2D eigenvalue weighted by Crippen LogP contribution is -2.50. The van der Waals surface area contributed by atoms with Crippen molar-refractivity contribution in [2.24, 2.45) is 18.7 Å². The molecule has 134 valence electrons. The summed E-state index contributed by atoms with van der Waals surface area (Å²) in [6.45, 7) is 0.252. The van der Waals surface area contributed by atoms with Crippen molar-refractivity contribution in [1.82, 2.24) is 14.5 Å². The molecule has 24 heavy (non-hydrogen) atoms. The van der Waals surface area contributed by atoms with Gasteiger partial charge in [0.25, 0.3) is 0 Å². The van der Waals surface area contributed by atoms with Crippen molar-refractivity contribution in [2.45, 2.75) is 31.0 Å². The lowest BCUT2D eigenvalue weighted by molar-refractivity contribution is -0.272. The molecule has 7 nitrogen and oxygen atoms in total. The van der Waals surface area contributed by atoms with E-state index in [1.54, 1.807) is 0 Å². The average molecular weight is 348 g/mol. The van der Waals surface area contributed by atoms with Crippen LogP contribution < -0.4 is 5.73 Å². The molecule has 2 rings (SSSR count). The van der Waals surface area contributed by atoms with E-state index >= 15 is 0 Å². The summed E-state index contributed by atoms with van der Waals surface area (Å²) in [5, 5.41) is 10.2. The second kappa shape index (κ2) is 6.42. The van der Waals surface area contributed by atoms with Crippen molar-refractivity contribution >= 4 is 11.8 Å². The van der Waals surface area contributed by atoms with E-state index in [0.29, 0.717) is 12.8 Å². The van der Waals surface area contributed by atoms with Crippen LogP contribution in [0.25, 0.3) is 0 Å². The minimum atomic E-state index is -5.06. The number of primary amides is 1. The molecule has 2 amide bonds. The number of aryl methyl sites for hydroxylation is 1. The first-order chi connectivity index (χ1) is 11.1. The van der Waals surface area contributed by atoms with Crippen molar-refractivity contribution in [1.29, 1.82) is 0 Å². The minimum Gasteiger partial charge on any atom is -0.374 e. The number of nitrogens with two attached hydrogens (primary N) is 1. The van der Waals surface area contributed by atoms with Gasteiger partial charge in [0, 0.05) is 38.4 Å². The molecular weight excluding hydrogens is 329 g/mol. The van der Waals surface area contributed by atoms with Crippen LogP contribution in [0.1, 0.15) is 25.1 Å². The molecule has 3 N–H and O–H groups in total. The molecule has 0 aromatic carbocycles. The first-order valence-electron chi connectivity index (χ1n) is 7.40. The van der Waals surface area contributed by atoms with E-state index < -0.39 is 35.8 Å². The highest BCUT2D eigenvalue weighted by molar-refractivity contribution is 5.79. The normalized spacial score (nSPS) is 19.1. The van der Waals surface area contributed by atoms with Gasteiger partial charge in [-0.1, -0.05) is 0 Å². The molecule has 10 heteroatoms. The summed E-state index contributed by atoms with van der Waals surface area (Å²) in [6, 6.07) is 0. The zero-order valence-corrected chi connectivity index (χ0v) is 13.1. The van der Waals surface area contributed by atoms with E-state index in [4.69, 9.17) is 5.73 Å². The molecule has 1 aliphatic rings. The Morgan fingerprint density at radius 3 is 2.38 bits per heavy atom. The largest absolute Gasteiger partial charge is 0.425 e. The number of likely N-dealkylation sites (tertiary alicyclic amines) is 1. The van der Waals surface area contributed by atoms with Crippen LogP contribution in [0.5, 0.6) is 0 Å². The third kappa shape index (κ3) is 3.37. The Balaban J connectivity index is 2.15. The molecule has 0 bridgehead atoms. The summed E-state index contributed by atoms with van der Waals surface area (Å²) < 4.78 is 41.3. The number of rotatable bonds is 4. The SMILES string of the molecule is Cn1ccnc1[C@@](O)(CC(=O)N1CCC(C(N)=O)CC1)C(F)(F)F. The summed E-state index contributed by atoms with van der Waals surface area (Å²) in [5.41, 5.74) is 1.81. The molecule has 0 aliphatic carbocycles. The first kappa shape index (κ1) is 18.2.